The molecule has 0 aromatic rings. The second kappa shape index (κ2) is 15.8. The standard InChI is InChI=1S/C23H44N4O6S2/c28-22(9-17-34(30,31)19-15-26-11-5-1-2-6-12-26)24-21-25-23(29)10-18-35(32,33)20-16-27-13-7-3-4-8-14-27/h1-21H2,(H,24,28)(H,25,29). The molecule has 10 nitrogen and oxygen atoms in total. The largest absolute Gasteiger partial charge is 0.339 e. The average Bonchev–Trinajstić information content (AvgIpc) is 3.24. The summed E-state index contributed by atoms with van der Waals surface area (Å²) in [5.74, 6) is -1.29. The van der Waals surface area contributed by atoms with Gasteiger partial charge in [-0.1, -0.05) is 25.7 Å². The molecule has 204 valence electrons. The molecule has 2 amide bonds. The van der Waals surface area contributed by atoms with Crippen LogP contribution in [0, 0.1) is 0 Å². The Morgan fingerprint density at radius 2 is 0.886 bits per heavy atom. The van der Waals surface area contributed by atoms with E-state index in [1.54, 1.807) is 0 Å². The van der Waals surface area contributed by atoms with Crippen molar-refractivity contribution in [3.63, 3.8) is 0 Å². The molecule has 2 saturated heterocycles. The van der Waals surface area contributed by atoms with E-state index in [1.807, 2.05) is 0 Å². The summed E-state index contributed by atoms with van der Waals surface area (Å²) in [7, 11) is -6.66. The summed E-state index contributed by atoms with van der Waals surface area (Å²) in [6.07, 6.45) is 8.81. The molecule has 0 aromatic heterocycles. The van der Waals surface area contributed by atoms with Gasteiger partial charge in [0.15, 0.2) is 19.7 Å². The van der Waals surface area contributed by atoms with Crippen molar-refractivity contribution in [1.29, 1.82) is 0 Å². The molecule has 2 N–H and O–H groups in total. The SMILES string of the molecule is O=C(CCS(=O)(=O)CCN1CCCCCC1)NCNC(=O)CCS(=O)(=O)CCN1CCCCCC1. The minimum absolute atomic E-state index is 0.0449. The second-order valence-electron chi connectivity index (χ2n) is 9.69. The van der Waals surface area contributed by atoms with Crippen LogP contribution in [0.15, 0.2) is 0 Å². The molecule has 0 aliphatic carbocycles. The predicted molar refractivity (Wildman–Crippen MR) is 138 cm³/mol. The lowest BCUT2D eigenvalue weighted by molar-refractivity contribution is -0.122. The molecule has 0 radical (unpaired) electrons. The van der Waals surface area contributed by atoms with Crippen molar-refractivity contribution in [1.82, 2.24) is 20.4 Å². The monoisotopic (exact) mass is 536 g/mol. The van der Waals surface area contributed by atoms with Gasteiger partial charge in [-0.2, -0.15) is 0 Å². The number of likely N-dealkylation sites (tertiary alicyclic amines) is 2. The topological polar surface area (TPSA) is 133 Å². The highest BCUT2D eigenvalue weighted by Gasteiger charge is 2.18. The Balaban J connectivity index is 1.55. The Hall–Kier alpha value is -1.24. The van der Waals surface area contributed by atoms with Crippen LogP contribution < -0.4 is 10.6 Å². The number of carbonyl (C=O) groups is 2. The molecular formula is C23H44N4O6S2. The maximum atomic E-state index is 12.3. The van der Waals surface area contributed by atoms with Crippen LogP contribution in [0.5, 0.6) is 0 Å². The van der Waals surface area contributed by atoms with Crippen LogP contribution in [-0.2, 0) is 29.3 Å². The Morgan fingerprint density at radius 1 is 0.543 bits per heavy atom. The van der Waals surface area contributed by atoms with Crippen molar-refractivity contribution in [3.05, 3.63) is 0 Å². The maximum Gasteiger partial charge on any atom is 0.222 e. The Kier molecular flexibility index (Phi) is 13.5. The number of sulfone groups is 2. The van der Waals surface area contributed by atoms with Gasteiger partial charge in [-0.05, 0) is 51.9 Å². The van der Waals surface area contributed by atoms with E-state index in [-0.39, 0.29) is 42.5 Å². The van der Waals surface area contributed by atoms with E-state index in [0.717, 1.165) is 51.9 Å². The van der Waals surface area contributed by atoms with Crippen molar-refractivity contribution in [2.75, 3.05) is 68.9 Å². The van der Waals surface area contributed by atoms with Crippen molar-refractivity contribution in [2.45, 2.75) is 64.2 Å². The van der Waals surface area contributed by atoms with Gasteiger partial charge in [0.1, 0.15) is 0 Å². The zero-order valence-electron chi connectivity index (χ0n) is 21.0. The van der Waals surface area contributed by atoms with Crippen LogP contribution in [-0.4, -0.2) is 107 Å². The smallest absolute Gasteiger partial charge is 0.222 e. The second-order valence-corrected chi connectivity index (χ2v) is 14.3. The molecule has 0 bridgehead atoms. The van der Waals surface area contributed by atoms with E-state index in [1.165, 1.54) is 25.7 Å². The molecule has 2 rings (SSSR count). The molecule has 35 heavy (non-hydrogen) atoms. The Labute approximate surface area is 211 Å². The first-order valence-corrected chi connectivity index (χ1v) is 16.7. The zero-order chi connectivity index (χ0) is 25.6. The van der Waals surface area contributed by atoms with Crippen molar-refractivity contribution in [2.24, 2.45) is 0 Å². The van der Waals surface area contributed by atoms with Crippen LogP contribution in [0.1, 0.15) is 64.2 Å². The number of hydrogen-bond donors (Lipinski definition) is 2. The zero-order valence-corrected chi connectivity index (χ0v) is 22.6. The van der Waals surface area contributed by atoms with Crippen LogP contribution in [0.3, 0.4) is 0 Å². The third-order valence-corrected chi connectivity index (χ3v) is 9.95. The highest BCUT2D eigenvalue weighted by Crippen LogP contribution is 2.11. The number of rotatable bonds is 14. The van der Waals surface area contributed by atoms with E-state index < -0.39 is 31.5 Å². The van der Waals surface area contributed by atoms with Gasteiger partial charge >= 0.3 is 0 Å². The first-order valence-electron chi connectivity index (χ1n) is 13.0. The summed E-state index contributed by atoms with van der Waals surface area (Å²) in [4.78, 5) is 28.3. The van der Waals surface area contributed by atoms with E-state index in [9.17, 15) is 26.4 Å². The molecule has 2 heterocycles. The van der Waals surface area contributed by atoms with Gasteiger partial charge in [-0.15, -0.1) is 0 Å². The molecular weight excluding hydrogens is 492 g/mol. The van der Waals surface area contributed by atoms with E-state index >= 15 is 0 Å². The summed E-state index contributed by atoms with van der Waals surface area (Å²) < 4.78 is 49.0. The van der Waals surface area contributed by atoms with Gasteiger partial charge in [0.05, 0.1) is 29.7 Å². The summed E-state index contributed by atoms with van der Waals surface area (Å²) in [5, 5.41) is 4.94. The van der Waals surface area contributed by atoms with Gasteiger partial charge in [0.25, 0.3) is 0 Å². The Morgan fingerprint density at radius 3 is 1.23 bits per heavy atom. The van der Waals surface area contributed by atoms with Gasteiger partial charge in [-0.3, -0.25) is 9.59 Å². The number of nitrogens with zero attached hydrogens (tertiary/aromatic N) is 2. The molecule has 0 spiro atoms. The molecule has 0 aromatic carbocycles. The van der Waals surface area contributed by atoms with Gasteiger partial charge in [0, 0.05) is 25.9 Å². The van der Waals surface area contributed by atoms with Gasteiger partial charge in [0.2, 0.25) is 11.8 Å². The Bertz CT molecular complexity index is 777. The van der Waals surface area contributed by atoms with E-state index in [4.69, 9.17) is 0 Å². The summed E-state index contributed by atoms with van der Waals surface area (Å²) in [5.41, 5.74) is 0. The number of hydrogen-bond acceptors (Lipinski definition) is 8. The minimum Gasteiger partial charge on any atom is -0.339 e. The molecule has 12 heteroatoms. The molecule has 2 fully saturated rings. The van der Waals surface area contributed by atoms with Crippen LogP contribution >= 0.6 is 0 Å². The predicted octanol–water partition coefficient (Wildman–Crippen LogP) is 0.538. The highest BCUT2D eigenvalue weighted by molar-refractivity contribution is 7.91. The minimum atomic E-state index is -3.33. The molecule has 0 unspecified atom stereocenters. The van der Waals surface area contributed by atoms with Crippen LogP contribution in [0.2, 0.25) is 0 Å². The van der Waals surface area contributed by atoms with Crippen molar-refractivity contribution < 1.29 is 26.4 Å². The highest BCUT2D eigenvalue weighted by atomic mass is 32.2. The average molecular weight is 537 g/mol. The van der Waals surface area contributed by atoms with E-state index in [0.29, 0.717) is 13.1 Å². The van der Waals surface area contributed by atoms with Crippen LogP contribution in [0.4, 0.5) is 0 Å². The van der Waals surface area contributed by atoms with Gasteiger partial charge < -0.3 is 20.4 Å². The van der Waals surface area contributed by atoms with Crippen molar-refractivity contribution >= 4 is 31.5 Å². The number of nitrogens with one attached hydrogen (secondary N) is 2. The summed E-state index contributed by atoms with van der Waals surface area (Å²) >= 11 is 0. The number of carbonyl (C=O) groups excluding carboxylic acids is 2. The first-order chi connectivity index (χ1) is 16.7. The van der Waals surface area contributed by atoms with Crippen LogP contribution in [0.25, 0.3) is 0 Å². The molecule has 0 atom stereocenters. The third kappa shape index (κ3) is 14.2. The lowest BCUT2D eigenvalue weighted by atomic mass is 10.2. The van der Waals surface area contributed by atoms with Gasteiger partial charge in [-0.25, -0.2) is 16.8 Å². The summed E-state index contributed by atoms with van der Waals surface area (Å²) in [6, 6.07) is 0. The lowest BCUT2D eigenvalue weighted by Crippen LogP contribution is -2.39. The fraction of sp³-hybridized carbons (Fsp3) is 0.913. The quantitative estimate of drug-likeness (QED) is 0.307. The molecule has 2 aliphatic heterocycles. The molecule has 2 aliphatic rings. The van der Waals surface area contributed by atoms with E-state index in [2.05, 4.69) is 20.4 Å². The van der Waals surface area contributed by atoms with Crippen molar-refractivity contribution in [3.8, 4) is 0 Å². The number of amides is 2. The third-order valence-electron chi connectivity index (χ3n) is 6.69. The normalized spacial score (nSPS) is 19.0. The fourth-order valence-electron chi connectivity index (χ4n) is 4.37. The fourth-order valence-corrected chi connectivity index (χ4v) is 6.85. The maximum absolute atomic E-state index is 12.3. The first kappa shape index (κ1) is 30.0. The lowest BCUT2D eigenvalue weighted by Gasteiger charge is -2.19. The summed E-state index contributed by atoms with van der Waals surface area (Å²) in [6.45, 7) is 4.55. The molecule has 0 saturated carbocycles.